The maximum atomic E-state index is 4.45. The molecule has 1 saturated heterocycles. The van der Waals surface area contributed by atoms with Crippen molar-refractivity contribution < 1.29 is 0 Å². The molecule has 2 rings (SSSR count). The lowest BCUT2D eigenvalue weighted by molar-refractivity contribution is 0.152. The molecule has 1 aromatic rings. The summed E-state index contributed by atoms with van der Waals surface area (Å²) in [5, 5.41) is 0. The zero-order chi connectivity index (χ0) is 13.8. The van der Waals surface area contributed by atoms with Gasteiger partial charge >= 0.3 is 0 Å². The molecule has 2 heteroatoms. The van der Waals surface area contributed by atoms with Gasteiger partial charge in [0.25, 0.3) is 0 Å². The number of nitrogens with zero attached hydrogens (tertiary/aromatic N) is 2. The molecule has 2 nitrogen and oxygen atoms in total. The molecule has 0 aromatic carbocycles. The summed E-state index contributed by atoms with van der Waals surface area (Å²) in [6, 6.07) is 4.44. The Hall–Kier alpha value is -0.890. The van der Waals surface area contributed by atoms with Crippen molar-refractivity contribution >= 4 is 0 Å². The van der Waals surface area contributed by atoms with E-state index >= 15 is 0 Å². The highest BCUT2D eigenvalue weighted by Gasteiger charge is 2.21. The van der Waals surface area contributed by atoms with Gasteiger partial charge in [0, 0.05) is 18.4 Å². The highest BCUT2D eigenvalue weighted by Crippen LogP contribution is 2.25. The van der Waals surface area contributed by atoms with E-state index in [1.54, 1.807) is 0 Å². The van der Waals surface area contributed by atoms with Gasteiger partial charge < -0.3 is 0 Å². The second-order valence-electron chi connectivity index (χ2n) is 6.60. The molecule has 2 heterocycles. The Labute approximate surface area is 118 Å². The summed E-state index contributed by atoms with van der Waals surface area (Å²) in [4.78, 5) is 7.04. The normalized spacial score (nSPS) is 18.4. The number of hydrogen-bond acceptors (Lipinski definition) is 2. The Morgan fingerprint density at radius 2 is 1.89 bits per heavy atom. The van der Waals surface area contributed by atoms with Crippen molar-refractivity contribution in [1.29, 1.82) is 0 Å². The molecule has 0 N–H and O–H groups in total. The molecule has 0 atom stereocenters. The van der Waals surface area contributed by atoms with Gasteiger partial charge in [-0.25, -0.2) is 0 Å². The summed E-state index contributed by atoms with van der Waals surface area (Å²) in [5.41, 5.74) is 2.64. The van der Waals surface area contributed by atoms with Crippen LogP contribution in [0.5, 0.6) is 0 Å². The molecule has 0 amide bonds. The maximum Gasteiger partial charge on any atom is 0.0432 e. The Kier molecular flexibility index (Phi) is 4.98. The standard InChI is InChI=1S/C17H28N2/c1-13(2)16-6-9-19(10-7-16)12-15-5-8-18-17(11-15)14(3)4/h5,8,11,13-14,16H,6-7,9-10,12H2,1-4H3. The third-order valence-electron chi connectivity index (χ3n) is 4.42. The molecule has 0 bridgehead atoms. The van der Waals surface area contributed by atoms with E-state index in [9.17, 15) is 0 Å². The van der Waals surface area contributed by atoms with Crippen LogP contribution in [0.1, 0.15) is 57.7 Å². The van der Waals surface area contributed by atoms with Crippen molar-refractivity contribution in [3.63, 3.8) is 0 Å². The van der Waals surface area contributed by atoms with Crippen LogP contribution < -0.4 is 0 Å². The third kappa shape index (κ3) is 4.04. The lowest BCUT2D eigenvalue weighted by Crippen LogP contribution is -2.34. The summed E-state index contributed by atoms with van der Waals surface area (Å²) in [6.45, 7) is 12.7. The van der Waals surface area contributed by atoms with Gasteiger partial charge in [-0.15, -0.1) is 0 Å². The summed E-state index contributed by atoms with van der Waals surface area (Å²) in [6.07, 6.45) is 4.69. The molecule has 1 aromatic heterocycles. The average molecular weight is 260 g/mol. The molecule has 0 saturated carbocycles. The smallest absolute Gasteiger partial charge is 0.0432 e. The first-order chi connectivity index (χ1) is 9.06. The SMILES string of the molecule is CC(C)c1cc(CN2CCC(C(C)C)CC2)ccn1. The maximum absolute atomic E-state index is 4.45. The van der Waals surface area contributed by atoms with Gasteiger partial charge in [-0.05, 0) is 61.4 Å². The minimum Gasteiger partial charge on any atom is -0.299 e. The van der Waals surface area contributed by atoms with Crippen molar-refractivity contribution in [2.24, 2.45) is 11.8 Å². The van der Waals surface area contributed by atoms with Crippen molar-refractivity contribution in [3.05, 3.63) is 29.6 Å². The van der Waals surface area contributed by atoms with E-state index in [1.165, 1.54) is 37.2 Å². The highest BCUT2D eigenvalue weighted by molar-refractivity contribution is 5.18. The van der Waals surface area contributed by atoms with E-state index in [1.807, 2.05) is 6.20 Å². The van der Waals surface area contributed by atoms with Gasteiger partial charge in [0.2, 0.25) is 0 Å². The third-order valence-corrected chi connectivity index (χ3v) is 4.42. The number of hydrogen-bond donors (Lipinski definition) is 0. The highest BCUT2D eigenvalue weighted by atomic mass is 15.1. The number of piperidine rings is 1. The predicted molar refractivity (Wildman–Crippen MR) is 81.2 cm³/mol. The van der Waals surface area contributed by atoms with Crippen molar-refractivity contribution in [1.82, 2.24) is 9.88 Å². The van der Waals surface area contributed by atoms with Crippen LogP contribution in [0.25, 0.3) is 0 Å². The fraction of sp³-hybridized carbons (Fsp3) is 0.706. The first-order valence-electron chi connectivity index (χ1n) is 7.73. The van der Waals surface area contributed by atoms with Crippen LogP contribution >= 0.6 is 0 Å². The Bertz CT molecular complexity index is 390. The summed E-state index contributed by atoms with van der Waals surface area (Å²) >= 11 is 0. The van der Waals surface area contributed by atoms with Gasteiger partial charge in [-0.2, -0.15) is 0 Å². The Balaban J connectivity index is 1.90. The first kappa shape index (κ1) is 14.5. The topological polar surface area (TPSA) is 16.1 Å². The summed E-state index contributed by atoms with van der Waals surface area (Å²) < 4.78 is 0. The molecule has 1 aliphatic rings. The number of pyridine rings is 1. The van der Waals surface area contributed by atoms with Crippen molar-refractivity contribution in [2.45, 2.75) is 53.0 Å². The fourth-order valence-electron chi connectivity index (χ4n) is 2.94. The van der Waals surface area contributed by atoms with Crippen LogP contribution in [0.4, 0.5) is 0 Å². The van der Waals surface area contributed by atoms with Gasteiger partial charge in [0.15, 0.2) is 0 Å². The first-order valence-corrected chi connectivity index (χ1v) is 7.73. The van der Waals surface area contributed by atoms with Crippen LogP contribution in [0.3, 0.4) is 0 Å². The largest absolute Gasteiger partial charge is 0.299 e. The minimum absolute atomic E-state index is 0.520. The monoisotopic (exact) mass is 260 g/mol. The number of likely N-dealkylation sites (tertiary alicyclic amines) is 1. The number of aromatic nitrogens is 1. The molecule has 0 unspecified atom stereocenters. The minimum atomic E-state index is 0.520. The fourth-order valence-corrected chi connectivity index (χ4v) is 2.94. The van der Waals surface area contributed by atoms with Crippen LogP contribution in [0.15, 0.2) is 18.3 Å². The van der Waals surface area contributed by atoms with E-state index in [2.05, 4.69) is 49.7 Å². The predicted octanol–water partition coefficient (Wildman–Crippen LogP) is 4.07. The Morgan fingerprint density at radius 1 is 1.21 bits per heavy atom. The van der Waals surface area contributed by atoms with Gasteiger partial charge in [-0.1, -0.05) is 27.7 Å². The molecular formula is C17H28N2. The number of rotatable bonds is 4. The average Bonchev–Trinajstić information content (AvgIpc) is 2.39. The van der Waals surface area contributed by atoms with Crippen LogP contribution in [-0.2, 0) is 6.54 Å². The van der Waals surface area contributed by atoms with Gasteiger partial charge in [0.05, 0.1) is 0 Å². The van der Waals surface area contributed by atoms with Crippen LogP contribution in [0, 0.1) is 11.8 Å². The van der Waals surface area contributed by atoms with Crippen molar-refractivity contribution in [2.75, 3.05) is 13.1 Å². The molecule has 0 aliphatic carbocycles. The van der Waals surface area contributed by atoms with E-state index < -0.39 is 0 Å². The summed E-state index contributed by atoms with van der Waals surface area (Å²) in [5.74, 6) is 2.29. The molecular weight excluding hydrogens is 232 g/mol. The molecule has 0 spiro atoms. The molecule has 1 fully saturated rings. The summed E-state index contributed by atoms with van der Waals surface area (Å²) in [7, 11) is 0. The lowest BCUT2D eigenvalue weighted by Gasteiger charge is -2.33. The van der Waals surface area contributed by atoms with Gasteiger partial charge in [-0.3, -0.25) is 9.88 Å². The van der Waals surface area contributed by atoms with Gasteiger partial charge in [0.1, 0.15) is 0 Å². The van der Waals surface area contributed by atoms with Crippen molar-refractivity contribution in [3.8, 4) is 0 Å². The van der Waals surface area contributed by atoms with E-state index in [0.717, 1.165) is 18.4 Å². The quantitative estimate of drug-likeness (QED) is 0.811. The van der Waals surface area contributed by atoms with E-state index in [-0.39, 0.29) is 0 Å². The molecule has 19 heavy (non-hydrogen) atoms. The second kappa shape index (κ2) is 6.51. The van der Waals surface area contributed by atoms with Crippen LogP contribution in [0.2, 0.25) is 0 Å². The zero-order valence-electron chi connectivity index (χ0n) is 12.9. The molecule has 1 aliphatic heterocycles. The molecule has 106 valence electrons. The molecule has 0 radical (unpaired) electrons. The second-order valence-corrected chi connectivity index (χ2v) is 6.60. The lowest BCUT2D eigenvalue weighted by atomic mass is 9.86. The van der Waals surface area contributed by atoms with Crippen LogP contribution in [-0.4, -0.2) is 23.0 Å². The zero-order valence-corrected chi connectivity index (χ0v) is 12.9. The Morgan fingerprint density at radius 3 is 2.47 bits per heavy atom. The van der Waals surface area contributed by atoms with E-state index in [0.29, 0.717) is 5.92 Å². The van der Waals surface area contributed by atoms with E-state index in [4.69, 9.17) is 0 Å².